The molecule has 1 aromatic carbocycles. The van der Waals surface area contributed by atoms with Crippen molar-refractivity contribution in [3.63, 3.8) is 0 Å². The molecule has 0 spiro atoms. The maximum absolute atomic E-state index is 13.4. The van der Waals surface area contributed by atoms with Crippen LogP contribution in [0.3, 0.4) is 0 Å². The Balaban J connectivity index is 1.32. The zero-order valence-electron chi connectivity index (χ0n) is 24.8. The third-order valence-electron chi connectivity index (χ3n) is 7.93. The number of halogens is 2. The Morgan fingerprint density at radius 2 is 1.90 bits per heavy atom. The lowest BCUT2D eigenvalue weighted by Crippen LogP contribution is -2.44. The molecule has 7 nitrogen and oxygen atoms in total. The Morgan fingerprint density at radius 1 is 1.12 bits per heavy atom. The second kappa shape index (κ2) is 14.3. The normalized spacial score (nSPS) is 17.8. The monoisotopic (exact) mass is 590 g/mol. The number of amides is 1. The van der Waals surface area contributed by atoms with Gasteiger partial charge < -0.3 is 20.9 Å². The molecule has 1 aliphatic carbocycles. The van der Waals surface area contributed by atoms with E-state index in [0.29, 0.717) is 48.1 Å². The van der Waals surface area contributed by atoms with Crippen molar-refractivity contribution in [1.82, 2.24) is 20.0 Å². The second-order valence-electron chi connectivity index (χ2n) is 12.9. The van der Waals surface area contributed by atoms with Crippen LogP contribution in [-0.2, 0) is 24.2 Å². The number of hydrogen-bond acceptors (Lipinski definition) is 5. The van der Waals surface area contributed by atoms with Crippen molar-refractivity contribution in [3.8, 4) is 0 Å². The van der Waals surface area contributed by atoms with Crippen LogP contribution < -0.4 is 16.0 Å². The van der Waals surface area contributed by atoms with E-state index in [4.69, 9.17) is 28.3 Å². The highest BCUT2D eigenvalue weighted by atomic mass is 35.5. The van der Waals surface area contributed by atoms with E-state index >= 15 is 0 Å². The van der Waals surface area contributed by atoms with E-state index in [1.807, 2.05) is 18.2 Å². The molecule has 0 saturated heterocycles. The molecular weight excluding hydrogens is 543 g/mol. The number of hydrogen-bond donors (Lipinski definition) is 3. The van der Waals surface area contributed by atoms with E-state index < -0.39 is 0 Å². The fourth-order valence-electron chi connectivity index (χ4n) is 5.89. The minimum Gasteiger partial charge on any atom is -0.370 e. The molecule has 0 bridgehead atoms. The number of fused-ring (bicyclic) bond motifs is 1. The first-order chi connectivity index (χ1) is 19.1. The highest BCUT2D eigenvalue weighted by Gasteiger charge is 2.28. The zero-order valence-corrected chi connectivity index (χ0v) is 26.3. The SMILES string of the molecule is CC1CNc2c(CC(C)(C)C)c(NCCN(C(=O)CCNCCc3ccc(Cl)c(Cl)c3)C3CCCCC3)nn2C1. The Labute approximate surface area is 250 Å². The third kappa shape index (κ3) is 8.77. The summed E-state index contributed by atoms with van der Waals surface area (Å²) < 4.78 is 2.13. The van der Waals surface area contributed by atoms with Crippen molar-refractivity contribution in [2.45, 2.75) is 91.6 Å². The van der Waals surface area contributed by atoms with E-state index in [-0.39, 0.29) is 11.3 Å². The summed E-state index contributed by atoms with van der Waals surface area (Å²) in [7, 11) is 0. The zero-order chi connectivity index (χ0) is 28.7. The van der Waals surface area contributed by atoms with Gasteiger partial charge in [0, 0.05) is 50.7 Å². The lowest BCUT2D eigenvalue weighted by Gasteiger charge is -2.34. The molecule has 1 fully saturated rings. The van der Waals surface area contributed by atoms with Crippen LogP contribution in [-0.4, -0.2) is 59.4 Å². The molecule has 40 heavy (non-hydrogen) atoms. The summed E-state index contributed by atoms with van der Waals surface area (Å²) >= 11 is 12.2. The molecule has 1 aliphatic heterocycles. The maximum atomic E-state index is 13.4. The third-order valence-corrected chi connectivity index (χ3v) is 8.67. The highest BCUT2D eigenvalue weighted by Crippen LogP contribution is 2.34. The lowest BCUT2D eigenvalue weighted by atomic mass is 9.88. The van der Waals surface area contributed by atoms with Gasteiger partial charge in [-0.1, -0.05) is 76.2 Å². The molecule has 9 heteroatoms. The van der Waals surface area contributed by atoms with Gasteiger partial charge in [0.05, 0.1) is 10.0 Å². The first-order valence-corrected chi connectivity index (χ1v) is 15.9. The van der Waals surface area contributed by atoms with E-state index in [1.54, 1.807) is 0 Å². The van der Waals surface area contributed by atoms with Crippen LogP contribution >= 0.6 is 23.2 Å². The van der Waals surface area contributed by atoms with Gasteiger partial charge in [0.25, 0.3) is 0 Å². The van der Waals surface area contributed by atoms with E-state index in [9.17, 15) is 4.79 Å². The fourth-order valence-corrected chi connectivity index (χ4v) is 6.21. The molecule has 2 aliphatic rings. The van der Waals surface area contributed by atoms with Crippen molar-refractivity contribution < 1.29 is 4.79 Å². The molecule has 1 aromatic heterocycles. The predicted octanol–water partition coefficient (Wildman–Crippen LogP) is 6.64. The van der Waals surface area contributed by atoms with Crippen LogP contribution in [0.5, 0.6) is 0 Å². The van der Waals surface area contributed by atoms with Gasteiger partial charge in [-0.2, -0.15) is 5.10 Å². The summed E-state index contributed by atoms with van der Waals surface area (Å²) in [6, 6.07) is 6.08. The van der Waals surface area contributed by atoms with E-state index in [1.165, 1.54) is 24.8 Å². The van der Waals surface area contributed by atoms with Crippen molar-refractivity contribution >= 4 is 40.7 Å². The lowest BCUT2D eigenvalue weighted by molar-refractivity contribution is -0.133. The van der Waals surface area contributed by atoms with Crippen LogP contribution in [0, 0.1) is 11.3 Å². The molecule has 0 radical (unpaired) electrons. The van der Waals surface area contributed by atoms with Crippen LogP contribution in [0.1, 0.15) is 77.3 Å². The second-order valence-corrected chi connectivity index (χ2v) is 13.7. The van der Waals surface area contributed by atoms with E-state index in [2.05, 4.69) is 53.2 Å². The van der Waals surface area contributed by atoms with Gasteiger partial charge in [0.2, 0.25) is 5.91 Å². The summed E-state index contributed by atoms with van der Waals surface area (Å²) in [5.41, 5.74) is 2.56. The number of anilines is 2. The number of carbonyl (C=O) groups is 1. The molecule has 222 valence electrons. The number of benzene rings is 1. The molecule has 1 saturated carbocycles. The number of rotatable bonds is 12. The highest BCUT2D eigenvalue weighted by molar-refractivity contribution is 6.42. The van der Waals surface area contributed by atoms with Crippen molar-refractivity contribution in [3.05, 3.63) is 39.4 Å². The number of carbonyl (C=O) groups excluding carboxylic acids is 1. The predicted molar refractivity (Wildman–Crippen MR) is 168 cm³/mol. The average molecular weight is 592 g/mol. The average Bonchev–Trinajstić information content (AvgIpc) is 3.23. The molecule has 4 rings (SSSR count). The Morgan fingerprint density at radius 3 is 2.62 bits per heavy atom. The van der Waals surface area contributed by atoms with Gasteiger partial charge in [0.1, 0.15) is 5.82 Å². The van der Waals surface area contributed by atoms with Gasteiger partial charge in [-0.15, -0.1) is 0 Å². The standard InChI is InChI=1S/C31H48Cl2N6O/c1-22-20-36-30-25(19-31(2,3)4)29(37-39(30)21-22)35-16-17-38(24-8-6-5-7-9-24)28(40)13-15-34-14-12-23-10-11-26(32)27(33)18-23/h10-11,18,22,24,34,36H,5-9,12-17,19-21H2,1-4H3,(H,35,37). The smallest absolute Gasteiger partial charge is 0.224 e. The summed E-state index contributed by atoms with van der Waals surface area (Å²) in [4.78, 5) is 15.6. The molecule has 1 unspecified atom stereocenters. The van der Waals surface area contributed by atoms with Gasteiger partial charge in [-0.05, 0) is 61.3 Å². The number of nitrogens with zero attached hydrogens (tertiary/aromatic N) is 3. The molecular formula is C31H48Cl2N6O. The number of aromatic nitrogens is 2. The minimum absolute atomic E-state index is 0.155. The quantitative estimate of drug-likeness (QED) is 0.242. The summed E-state index contributed by atoms with van der Waals surface area (Å²) in [6.45, 7) is 13.9. The van der Waals surface area contributed by atoms with Crippen molar-refractivity contribution in [2.75, 3.05) is 43.4 Å². The van der Waals surface area contributed by atoms with Crippen LogP contribution in [0.2, 0.25) is 10.0 Å². The molecule has 3 N–H and O–H groups in total. The topological polar surface area (TPSA) is 74.2 Å². The molecule has 1 amide bonds. The molecule has 2 heterocycles. The van der Waals surface area contributed by atoms with Gasteiger partial charge in [-0.3, -0.25) is 4.79 Å². The van der Waals surface area contributed by atoms with Crippen LogP contribution in [0.15, 0.2) is 18.2 Å². The van der Waals surface area contributed by atoms with Crippen molar-refractivity contribution in [2.24, 2.45) is 11.3 Å². The van der Waals surface area contributed by atoms with Gasteiger partial charge in [-0.25, -0.2) is 4.68 Å². The Kier molecular flexibility index (Phi) is 11.1. The fraction of sp³-hybridized carbons (Fsp3) is 0.677. The molecule has 1 atom stereocenters. The van der Waals surface area contributed by atoms with Crippen LogP contribution in [0.4, 0.5) is 11.6 Å². The van der Waals surface area contributed by atoms with Crippen molar-refractivity contribution in [1.29, 1.82) is 0 Å². The maximum Gasteiger partial charge on any atom is 0.224 e. The number of nitrogens with one attached hydrogen (secondary N) is 3. The minimum atomic E-state index is 0.155. The van der Waals surface area contributed by atoms with E-state index in [0.717, 1.165) is 62.5 Å². The largest absolute Gasteiger partial charge is 0.370 e. The Bertz CT molecular complexity index is 1120. The van der Waals surface area contributed by atoms with Gasteiger partial charge in [0.15, 0.2) is 5.82 Å². The van der Waals surface area contributed by atoms with Crippen LogP contribution in [0.25, 0.3) is 0 Å². The summed E-state index contributed by atoms with van der Waals surface area (Å²) in [5.74, 6) is 2.92. The summed E-state index contributed by atoms with van der Waals surface area (Å²) in [6.07, 6.45) is 8.20. The summed E-state index contributed by atoms with van der Waals surface area (Å²) in [5, 5.41) is 16.8. The Hall–Kier alpha value is -1.96. The molecule has 2 aromatic rings. The van der Waals surface area contributed by atoms with Gasteiger partial charge >= 0.3 is 0 Å². The first-order valence-electron chi connectivity index (χ1n) is 15.1. The first kappa shape index (κ1) is 31.0.